The number of carbonyl (C=O) groups is 1. The largest absolute Gasteiger partial charge is 0.478 e. The number of methoxy groups -OCH3 is 1. The zero-order valence-corrected chi connectivity index (χ0v) is 10.2. The standard InChI is InChI=1S/C11H15NO3.ClH/c1-12(6-7-15-2)10-5-3-4-9(8-10)11(13)14;/h3-5,8H,6-7H2,1-2H3,(H,13,14);1H. The maximum atomic E-state index is 10.7. The highest BCUT2D eigenvalue weighted by molar-refractivity contribution is 5.88. The van der Waals surface area contributed by atoms with Crippen LogP contribution in [-0.4, -0.2) is 38.4 Å². The van der Waals surface area contributed by atoms with E-state index >= 15 is 0 Å². The van der Waals surface area contributed by atoms with Crippen LogP contribution in [0.2, 0.25) is 0 Å². The third kappa shape index (κ3) is 4.08. The summed E-state index contributed by atoms with van der Waals surface area (Å²) in [5, 5.41) is 8.82. The lowest BCUT2D eigenvalue weighted by atomic mass is 10.2. The number of hydrogen-bond acceptors (Lipinski definition) is 3. The molecule has 1 rings (SSSR count). The van der Waals surface area contributed by atoms with Crippen LogP contribution >= 0.6 is 12.4 Å². The highest BCUT2D eigenvalue weighted by atomic mass is 35.5. The monoisotopic (exact) mass is 245 g/mol. The quantitative estimate of drug-likeness (QED) is 0.861. The Balaban J connectivity index is 0.00000225. The number of benzene rings is 1. The van der Waals surface area contributed by atoms with E-state index in [0.29, 0.717) is 12.2 Å². The highest BCUT2D eigenvalue weighted by Gasteiger charge is 2.05. The van der Waals surface area contributed by atoms with E-state index in [0.717, 1.165) is 12.2 Å². The van der Waals surface area contributed by atoms with E-state index in [-0.39, 0.29) is 12.4 Å². The molecule has 1 aromatic carbocycles. The molecule has 0 radical (unpaired) electrons. The van der Waals surface area contributed by atoms with Gasteiger partial charge in [-0.2, -0.15) is 0 Å². The summed E-state index contributed by atoms with van der Waals surface area (Å²) in [6, 6.07) is 6.85. The Morgan fingerprint density at radius 2 is 2.19 bits per heavy atom. The molecule has 1 N–H and O–H groups in total. The second-order valence-corrected chi connectivity index (χ2v) is 3.27. The van der Waals surface area contributed by atoms with Crippen molar-refractivity contribution in [2.24, 2.45) is 0 Å². The van der Waals surface area contributed by atoms with Gasteiger partial charge in [-0.25, -0.2) is 4.79 Å². The molecule has 0 saturated heterocycles. The number of nitrogens with zero attached hydrogens (tertiary/aromatic N) is 1. The number of halogens is 1. The Bertz CT molecular complexity index is 344. The van der Waals surface area contributed by atoms with Gasteiger partial charge in [-0.15, -0.1) is 12.4 Å². The minimum absolute atomic E-state index is 0. The third-order valence-electron chi connectivity index (χ3n) is 2.16. The molecular formula is C11H16ClNO3. The van der Waals surface area contributed by atoms with Crippen molar-refractivity contribution < 1.29 is 14.6 Å². The summed E-state index contributed by atoms with van der Waals surface area (Å²) in [6.07, 6.45) is 0. The molecule has 5 heteroatoms. The second-order valence-electron chi connectivity index (χ2n) is 3.27. The van der Waals surface area contributed by atoms with Crippen molar-refractivity contribution in [2.45, 2.75) is 0 Å². The molecule has 1 aromatic rings. The van der Waals surface area contributed by atoms with Crippen LogP contribution in [0.4, 0.5) is 5.69 Å². The summed E-state index contributed by atoms with van der Waals surface area (Å²) in [6.45, 7) is 1.35. The number of likely N-dealkylation sites (N-methyl/N-ethyl adjacent to an activating group) is 1. The van der Waals surface area contributed by atoms with Crippen LogP contribution < -0.4 is 4.90 Å². The summed E-state index contributed by atoms with van der Waals surface area (Å²) in [5.74, 6) is -0.906. The molecule has 0 saturated carbocycles. The number of carboxylic acids is 1. The van der Waals surface area contributed by atoms with Crippen molar-refractivity contribution >= 4 is 24.1 Å². The number of hydrogen-bond donors (Lipinski definition) is 1. The first-order chi connectivity index (χ1) is 7.15. The second kappa shape index (κ2) is 7.09. The van der Waals surface area contributed by atoms with E-state index < -0.39 is 5.97 Å². The van der Waals surface area contributed by atoms with E-state index in [9.17, 15) is 4.79 Å². The van der Waals surface area contributed by atoms with Crippen LogP contribution in [0.3, 0.4) is 0 Å². The molecule has 0 spiro atoms. The number of anilines is 1. The molecule has 0 fully saturated rings. The number of carboxylic acid groups (broad SMARTS) is 1. The molecule has 0 aliphatic heterocycles. The first-order valence-corrected chi connectivity index (χ1v) is 4.68. The lowest BCUT2D eigenvalue weighted by Crippen LogP contribution is -2.22. The van der Waals surface area contributed by atoms with Gasteiger partial charge in [0.1, 0.15) is 0 Å². The van der Waals surface area contributed by atoms with Gasteiger partial charge in [0, 0.05) is 26.4 Å². The predicted octanol–water partition coefficient (Wildman–Crippen LogP) is 1.89. The number of ether oxygens (including phenoxy) is 1. The van der Waals surface area contributed by atoms with Gasteiger partial charge in [0.15, 0.2) is 0 Å². The SMILES string of the molecule is COCCN(C)c1cccc(C(=O)O)c1.Cl. The summed E-state index contributed by atoms with van der Waals surface area (Å²) >= 11 is 0. The van der Waals surface area contributed by atoms with Crippen LogP contribution in [0.15, 0.2) is 24.3 Å². The van der Waals surface area contributed by atoms with Crippen molar-refractivity contribution in [3.8, 4) is 0 Å². The van der Waals surface area contributed by atoms with Crippen LogP contribution in [-0.2, 0) is 4.74 Å². The lowest BCUT2D eigenvalue weighted by molar-refractivity contribution is 0.0697. The van der Waals surface area contributed by atoms with Crippen LogP contribution in [0, 0.1) is 0 Å². The molecule has 0 aromatic heterocycles. The maximum Gasteiger partial charge on any atom is 0.335 e. The van der Waals surface area contributed by atoms with E-state index in [4.69, 9.17) is 9.84 Å². The van der Waals surface area contributed by atoms with E-state index in [1.807, 2.05) is 18.0 Å². The van der Waals surface area contributed by atoms with Gasteiger partial charge in [0.25, 0.3) is 0 Å². The van der Waals surface area contributed by atoms with Gasteiger partial charge in [0.2, 0.25) is 0 Å². The summed E-state index contributed by atoms with van der Waals surface area (Å²) < 4.78 is 4.95. The predicted molar refractivity (Wildman–Crippen MR) is 65.8 cm³/mol. The van der Waals surface area contributed by atoms with Gasteiger partial charge in [-0.1, -0.05) is 6.07 Å². The summed E-state index contributed by atoms with van der Waals surface area (Å²) in [5.41, 5.74) is 1.18. The van der Waals surface area contributed by atoms with Crippen molar-refractivity contribution in [3.63, 3.8) is 0 Å². The molecule has 16 heavy (non-hydrogen) atoms. The average molecular weight is 246 g/mol. The van der Waals surface area contributed by atoms with Gasteiger partial charge in [0.05, 0.1) is 12.2 Å². The molecule has 0 aliphatic carbocycles. The zero-order chi connectivity index (χ0) is 11.3. The van der Waals surface area contributed by atoms with Crippen LogP contribution in [0.5, 0.6) is 0 Å². The molecule has 90 valence electrons. The minimum atomic E-state index is -0.906. The Hall–Kier alpha value is -1.26. The Labute approximate surface area is 101 Å². The Morgan fingerprint density at radius 1 is 1.50 bits per heavy atom. The Morgan fingerprint density at radius 3 is 2.75 bits per heavy atom. The first kappa shape index (κ1) is 14.7. The maximum absolute atomic E-state index is 10.7. The Kier molecular flexibility index (Phi) is 6.53. The smallest absolute Gasteiger partial charge is 0.335 e. The fourth-order valence-electron chi connectivity index (χ4n) is 1.23. The molecule has 0 amide bonds. The van der Waals surface area contributed by atoms with Crippen LogP contribution in [0.1, 0.15) is 10.4 Å². The van der Waals surface area contributed by atoms with Gasteiger partial charge in [-0.05, 0) is 18.2 Å². The molecule has 0 unspecified atom stereocenters. The van der Waals surface area contributed by atoms with Gasteiger partial charge < -0.3 is 14.7 Å². The molecule has 0 bridgehead atoms. The molecule has 0 heterocycles. The van der Waals surface area contributed by atoms with Crippen molar-refractivity contribution in [1.82, 2.24) is 0 Å². The lowest BCUT2D eigenvalue weighted by Gasteiger charge is -2.18. The molecule has 0 atom stereocenters. The van der Waals surface area contributed by atoms with E-state index in [1.54, 1.807) is 25.3 Å². The highest BCUT2D eigenvalue weighted by Crippen LogP contribution is 2.14. The molecule has 4 nitrogen and oxygen atoms in total. The first-order valence-electron chi connectivity index (χ1n) is 4.68. The van der Waals surface area contributed by atoms with Crippen molar-refractivity contribution in [3.05, 3.63) is 29.8 Å². The van der Waals surface area contributed by atoms with Crippen LogP contribution in [0.25, 0.3) is 0 Å². The summed E-state index contributed by atoms with van der Waals surface area (Å²) in [7, 11) is 3.54. The summed E-state index contributed by atoms with van der Waals surface area (Å²) in [4.78, 5) is 12.7. The number of rotatable bonds is 5. The van der Waals surface area contributed by atoms with Gasteiger partial charge in [-0.3, -0.25) is 0 Å². The van der Waals surface area contributed by atoms with Crippen molar-refractivity contribution in [1.29, 1.82) is 0 Å². The molecular weight excluding hydrogens is 230 g/mol. The fourth-order valence-corrected chi connectivity index (χ4v) is 1.23. The van der Waals surface area contributed by atoms with E-state index in [1.165, 1.54) is 0 Å². The molecule has 0 aliphatic rings. The normalized spacial score (nSPS) is 9.38. The van der Waals surface area contributed by atoms with Crippen molar-refractivity contribution in [2.75, 3.05) is 32.2 Å². The minimum Gasteiger partial charge on any atom is -0.478 e. The number of aromatic carboxylic acids is 1. The average Bonchev–Trinajstić information content (AvgIpc) is 2.26. The fraction of sp³-hybridized carbons (Fsp3) is 0.364. The van der Waals surface area contributed by atoms with E-state index in [2.05, 4.69) is 0 Å². The van der Waals surface area contributed by atoms with Gasteiger partial charge >= 0.3 is 5.97 Å². The third-order valence-corrected chi connectivity index (χ3v) is 2.16. The zero-order valence-electron chi connectivity index (χ0n) is 9.34. The topological polar surface area (TPSA) is 49.8 Å².